The van der Waals surface area contributed by atoms with Gasteiger partial charge in [0.2, 0.25) is 5.91 Å². The van der Waals surface area contributed by atoms with Gasteiger partial charge in [-0.1, -0.05) is 34.5 Å². The highest BCUT2D eigenvalue weighted by Crippen LogP contribution is 2.27. The quantitative estimate of drug-likeness (QED) is 0.318. The summed E-state index contributed by atoms with van der Waals surface area (Å²) in [7, 11) is 0. The third-order valence-corrected chi connectivity index (χ3v) is 7.00. The number of fused-ring (bicyclic) bond motifs is 1. The molecule has 2 aromatic heterocycles. The molecule has 0 radical (unpaired) electrons. The molecule has 0 bridgehead atoms. The Kier molecular flexibility index (Phi) is 8.01. The Morgan fingerprint density at radius 3 is 2.68 bits per heavy atom. The van der Waals surface area contributed by atoms with Crippen LogP contribution in [0.4, 0.5) is 14.9 Å². The fraction of sp³-hybridized carbons (Fsp3) is 0.321. The number of carbonyl (C=O) groups excluding carboxylic acids is 2. The summed E-state index contributed by atoms with van der Waals surface area (Å²) in [6, 6.07) is 11.2. The summed E-state index contributed by atoms with van der Waals surface area (Å²) < 4.78 is 23.7. The molecular formula is C28H28Cl2FN7O3. The van der Waals surface area contributed by atoms with E-state index >= 15 is 0 Å². The molecule has 0 saturated heterocycles. The Morgan fingerprint density at radius 2 is 1.93 bits per heavy atom. The van der Waals surface area contributed by atoms with E-state index in [1.54, 1.807) is 62.1 Å². The van der Waals surface area contributed by atoms with Crippen LogP contribution in [0, 0.1) is 11.7 Å². The molecule has 1 N–H and O–H groups in total. The van der Waals surface area contributed by atoms with Crippen molar-refractivity contribution in [3.63, 3.8) is 0 Å². The molecule has 2 amide bonds. The average molecular weight is 600 g/mol. The van der Waals surface area contributed by atoms with Crippen molar-refractivity contribution in [1.82, 2.24) is 29.7 Å². The summed E-state index contributed by atoms with van der Waals surface area (Å²) in [5, 5.41) is 16.4. The van der Waals surface area contributed by atoms with Crippen LogP contribution in [0.25, 0.3) is 11.3 Å². The van der Waals surface area contributed by atoms with Gasteiger partial charge in [0.05, 0.1) is 37.4 Å². The Hall–Kier alpha value is -3.96. The van der Waals surface area contributed by atoms with Crippen LogP contribution in [0.3, 0.4) is 0 Å². The van der Waals surface area contributed by atoms with Gasteiger partial charge in [0.15, 0.2) is 0 Å². The lowest BCUT2D eigenvalue weighted by molar-refractivity contribution is -0.120. The second kappa shape index (κ2) is 11.5. The van der Waals surface area contributed by atoms with Crippen molar-refractivity contribution in [3.05, 3.63) is 82.0 Å². The zero-order chi connectivity index (χ0) is 29.3. The van der Waals surface area contributed by atoms with E-state index in [1.807, 2.05) is 0 Å². The van der Waals surface area contributed by atoms with Gasteiger partial charge in [-0.2, -0.15) is 5.10 Å². The first-order chi connectivity index (χ1) is 19.4. The van der Waals surface area contributed by atoms with Gasteiger partial charge in [-0.25, -0.2) is 13.9 Å². The highest BCUT2D eigenvalue weighted by molar-refractivity contribution is 6.35. The van der Waals surface area contributed by atoms with E-state index in [2.05, 4.69) is 20.7 Å². The maximum absolute atomic E-state index is 14.9. The van der Waals surface area contributed by atoms with Crippen LogP contribution in [0.2, 0.25) is 10.0 Å². The lowest BCUT2D eigenvalue weighted by Gasteiger charge is -2.27. The number of anilines is 1. The zero-order valence-corrected chi connectivity index (χ0v) is 24.2. The third kappa shape index (κ3) is 6.86. The minimum Gasteiger partial charge on any atom is -0.444 e. The molecule has 1 atom stereocenters. The number of hydrogen-bond acceptors (Lipinski definition) is 6. The molecule has 5 rings (SSSR count). The van der Waals surface area contributed by atoms with Crippen molar-refractivity contribution in [2.24, 2.45) is 5.92 Å². The number of ether oxygens (including phenoxy) is 1. The monoisotopic (exact) mass is 599 g/mol. The van der Waals surface area contributed by atoms with E-state index in [4.69, 9.17) is 27.9 Å². The molecule has 1 aliphatic heterocycles. The molecule has 1 unspecified atom stereocenters. The Morgan fingerprint density at radius 1 is 1.12 bits per heavy atom. The maximum atomic E-state index is 14.9. The van der Waals surface area contributed by atoms with Crippen LogP contribution in [-0.2, 0) is 29.2 Å². The number of nitrogens with one attached hydrogen (secondary N) is 1. The SMILES string of the molecule is CC(C)(C)OC(=O)N1Cc2ccnn2CC(C(=O)Nc2ccc(F)c(-c3cn(Cc4ccc(Cl)cc4Cl)nn3)c2)C1. The number of aromatic nitrogens is 5. The highest BCUT2D eigenvalue weighted by Gasteiger charge is 2.32. The molecule has 0 aliphatic carbocycles. The molecule has 2 aromatic carbocycles. The first kappa shape index (κ1) is 28.6. The summed E-state index contributed by atoms with van der Waals surface area (Å²) in [6.45, 7) is 6.32. The molecule has 4 aromatic rings. The molecule has 3 heterocycles. The third-order valence-electron chi connectivity index (χ3n) is 6.41. The summed E-state index contributed by atoms with van der Waals surface area (Å²) in [5.74, 6) is -1.51. The van der Waals surface area contributed by atoms with Gasteiger partial charge < -0.3 is 15.0 Å². The molecule has 214 valence electrons. The smallest absolute Gasteiger partial charge is 0.410 e. The molecular weight excluding hydrogens is 572 g/mol. The highest BCUT2D eigenvalue weighted by atomic mass is 35.5. The predicted molar refractivity (Wildman–Crippen MR) is 152 cm³/mol. The van der Waals surface area contributed by atoms with Crippen LogP contribution in [0.5, 0.6) is 0 Å². The van der Waals surface area contributed by atoms with Crippen LogP contribution < -0.4 is 5.32 Å². The van der Waals surface area contributed by atoms with Gasteiger partial charge in [0, 0.05) is 34.0 Å². The lowest BCUT2D eigenvalue weighted by atomic mass is 10.1. The van der Waals surface area contributed by atoms with E-state index < -0.39 is 23.4 Å². The Bertz CT molecular complexity index is 1600. The summed E-state index contributed by atoms with van der Waals surface area (Å²) >= 11 is 12.2. The standard InChI is InChI=1S/C28H28Cl2FN7O3/c1-28(2,3)41-27(40)36-12-18(14-38-21(15-36)8-9-32-38)26(39)33-20-6-7-24(31)22(11-20)25-16-37(35-34-25)13-17-4-5-19(29)10-23(17)30/h4-11,16,18H,12-15H2,1-3H3,(H,33,39). The van der Waals surface area contributed by atoms with Crippen LogP contribution in [0.1, 0.15) is 32.0 Å². The van der Waals surface area contributed by atoms with Gasteiger partial charge >= 0.3 is 6.09 Å². The first-order valence-corrected chi connectivity index (χ1v) is 13.6. The normalized spacial score (nSPS) is 15.3. The Labute approximate surface area is 246 Å². The molecule has 1 aliphatic rings. The van der Waals surface area contributed by atoms with E-state index in [9.17, 15) is 14.0 Å². The van der Waals surface area contributed by atoms with Crippen molar-refractivity contribution in [1.29, 1.82) is 0 Å². The largest absolute Gasteiger partial charge is 0.444 e. The number of rotatable bonds is 5. The fourth-order valence-corrected chi connectivity index (χ4v) is 4.92. The number of amides is 2. The molecule has 0 fully saturated rings. The zero-order valence-electron chi connectivity index (χ0n) is 22.6. The number of halogens is 3. The molecule has 10 nitrogen and oxygen atoms in total. The first-order valence-electron chi connectivity index (χ1n) is 12.9. The van der Waals surface area contributed by atoms with Gasteiger partial charge in [0.1, 0.15) is 17.1 Å². The fourth-order valence-electron chi connectivity index (χ4n) is 4.45. The molecule has 41 heavy (non-hydrogen) atoms. The predicted octanol–water partition coefficient (Wildman–Crippen LogP) is 5.64. The maximum Gasteiger partial charge on any atom is 0.410 e. The molecule has 0 spiro atoms. The van der Waals surface area contributed by atoms with Gasteiger partial charge in [-0.15, -0.1) is 5.10 Å². The van der Waals surface area contributed by atoms with Crippen molar-refractivity contribution in [3.8, 4) is 11.3 Å². The number of nitrogens with zero attached hydrogens (tertiary/aromatic N) is 6. The van der Waals surface area contributed by atoms with Gasteiger partial charge in [-0.05, 0) is 62.7 Å². The van der Waals surface area contributed by atoms with E-state index in [0.717, 1.165) is 11.3 Å². The topological polar surface area (TPSA) is 107 Å². The second-order valence-electron chi connectivity index (χ2n) is 10.8. The van der Waals surface area contributed by atoms with Crippen molar-refractivity contribution < 1.29 is 18.7 Å². The van der Waals surface area contributed by atoms with Crippen LogP contribution in [0.15, 0.2) is 54.9 Å². The summed E-state index contributed by atoms with van der Waals surface area (Å²) in [6.07, 6.45) is 2.71. The van der Waals surface area contributed by atoms with E-state index in [0.29, 0.717) is 22.3 Å². The van der Waals surface area contributed by atoms with Crippen molar-refractivity contribution in [2.45, 2.75) is 46.0 Å². The molecule has 13 heteroatoms. The average Bonchev–Trinajstić information content (AvgIpc) is 3.50. The van der Waals surface area contributed by atoms with Gasteiger partial charge in [0.25, 0.3) is 0 Å². The van der Waals surface area contributed by atoms with Crippen LogP contribution >= 0.6 is 23.2 Å². The number of hydrogen-bond donors (Lipinski definition) is 1. The Balaban J connectivity index is 1.33. The second-order valence-corrected chi connectivity index (χ2v) is 11.6. The minimum absolute atomic E-state index is 0.125. The number of benzene rings is 2. The van der Waals surface area contributed by atoms with Crippen LogP contribution in [-0.4, -0.2) is 53.8 Å². The van der Waals surface area contributed by atoms with Gasteiger partial charge in [-0.3, -0.25) is 9.48 Å². The molecule has 0 saturated carbocycles. The van der Waals surface area contributed by atoms with E-state index in [1.165, 1.54) is 27.8 Å². The lowest BCUT2D eigenvalue weighted by Crippen LogP contribution is -2.41. The summed E-state index contributed by atoms with van der Waals surface area (Å²) in [4.78, 5) is 27.8. The van der Waals surface area contributed by atoms with E-state index in [-0.39, 0.29) is 36.8 Å². The van der Waals surface area contributed by atoms with Crippen molar-refractivity contribution >= 4 is 40.9 Å². The minimum atomic E-state index is -0.686. The number of carbonyl (C=O) groups is 2. The van der Waals surface area contributed by atoms with Crippen molar-refractivity contribution in [2.75, 3.05) is 11.9 Å². The summed E-state index contributed by atoms with van der Waals surface area (Å²) in [5.41, 5.74) is 1.71.